The average Bonchev–Trinajstić information content (AvgIpc) is 3.17. The van der Waals surface area contributed by atoms with Crippen molar-refractivity contribution in [1.82, 2.24) is 0 Å². The largest absolute Gasteiger partial charge is 0.366 e. The van der Waals surface area contributed by atoms with Crippen molar-refractivity contribution in [1.29, 1.82) is 0 Å². The Kier molecular flexibility index (Phi) is 3.96. The van der Waals surface area contributed by atoms with Crippen LogP contribution in [-0.4, -0.2) is 28.2 Å². The number of carbonyl (C=O) groups is 1. The maximum Gasteiger partial charge on any atom is 0.282 e. The molecule has 1 aliphatic carbocycles. The molecule has 2 aliphatic heterocycles. The highest BCUT2D eigenvalue weighted by Crippen LogP contribution is 2.52. The molecule has 6 heteroatoms. The second-order valence-electron chi connectivity index (χ2n) is 6.69. The first-order valence-corrected chi connectivity index (χ1v) is 9.23. The van der Waals surface area contributed by atoms with Gasteiger partial charge in [0.2, 0.25) is 0 Å². The molecule has 3 aliphatic rings. The van der Waals surface area contributed by atoms with Crippen LogP contribution in [0.15, 0.2) is 40.3 Å². The summed E-state index contributed by atoms with van der Waals surface area (Å²) in [6.45, 7) is 1.64. The van der Waals surface area contributed by atoms with E-state index in [4.69, 9.17) is 4.74 Å². The van der Waals surface area contributed by atoms with Gasteiger partial charge in [0.25, 0.3) is 5.69 Å². The van der Waals surface area contributed by atoms with Gasteiger partial charge in [0.15, 0.2) is 0 Å². The molecule has 1 saturated heterocycles. The molecule has 1 fully saturated rings. The number of nitrogens with zero attached hydrogens (tertiary/aromatic N) is 1. The van der Waals surface area contributed by atoms with E-state index in [1.54, 1.807) is 19.1 Å². The minimum atomic E-state index is -0.347. The maximum absolute atomic E-state index is 12.2. The quantitative estimate of drug-likeness (QED) is 0.470. The van der Waals surface area contributed by atoms with Crippen molar-refractivity contribution >= 4 is 23.2 Å². The smallest absolute Gasteiger partial charge is 0.282 e. The van der Waals surface area contributed by atoms with Crippen LogP contribution in [0.5, 0.6) is 0 Å². The number of nitro groups is 1. The summed E-state index contributed by atoms with van der Waals surface area (Å²) in [6, 6.07) is 6.80. The molecule has 1 aromatic rings. The first kappa shape index (κ1) is 15.8. The van der Waals surface area contributed by atoms with Gasteiger partial charge in [-0.25, -0.2) is 0 Å². The van der Waals surface area contributed by atoms with Crippen LogP contribution in [0.3, 0.4) is 0 Å². The van der Waals surface area contributed by atoms with Crippen molar-refractivity contribution in [2.45, 2.75) is 55.0 Å². The van der Waals surface area contributed by atoms with E-state index in [9.17, 15) is 14.9 Å². The van der Waals surface area contributed by atoms with E-state index in [0.29, 0.717) is 4.90 Å². The Morgan fingerprint density at radius 2 is 2.00 bits per heavy atom. The van der Waals surface area contributed by atoms with E-state index in [1.807, 2.05) is 6.07 Å². The number of benzene rings is 1. The van der Waals surface area contributed by atoms with Gasteiger partial charge in [0.05, 0.1) is 22.0 Å². The Balaban J connectivity index is 1.73. The number of ether oxygens (including phenoxy) is 1. The van der Waals surface area contributed by atoms with Gasteiger partial charge in [0, 0.05) is 17.2 Å². The number of hydrogen-bond acceptors (Lipinski definition) is 5. The standard InChI is InChI=1S/C18H19NO4S/c1-10(20)11-6-7-12-14-8-9-15(23-14)17(12)18(11)24-16-5-3-2-4-13(16)19(21)22/h2-5,11,14-15,18H,6-9H2,1H3/t11-,14+,15-,18-/m1/s1. The van der Waals surface area contributed by atoms with Crippen LogP contribution in [-0.2, 0) is 9.53 Å². The Morgan fingerprint density at radius 1 is 1.25 bits per heavy atom. The molecule has 2 bridgehead atoms. The predicted molar refractivity (Wildman–Crippen MR) is 91.1 cm³/mol. The van der Waals surface area contributed by atoms with Crippen LogP contribution < -0.4 is 0 Å². The number of thioether (sulfide) groups is 1. The predicted octanol–water partition coefficient (Wildman–Crippen LogP) is 3.91. The zero-order chi connectivity index (χ0) is 16.8. The molecule has 0 spiro atoms. The summed E-state index contributed by atoms with van der Waals surface area (Å²) in [5.74, 6) is 0.0805. The number of para-hydroxylation sites is 1. The second-order valence-corrected chi connectivity index (χ2v) is 7.87. The van der Waals surface area contributed by atoms with Crippen LogP contribution in [0.1, 0.15) is 32.6 Å². The second kappa shape index (κ2) is 6.01. The van der Waals surface area contributed by atoms with Gasteiger partial charge in [-0.1, -0.05) is 12.1 Å². The third kappa shape index (κ3) is 2.48. The number of rotatable bonds is 4. The van der Waals surface area contributed by atoms with Gasteiger partial charge in [-0.3, -0.25) is 14.9 Å². The zero-order valence-electron chi connectivity index (χ0n) is 13.4. The molecule has 0 aromatic heterocycles. The SMILES string of the molecule is CC(=O)[C@H]1CCC2=C([C@H]3CC[C@@H]2O3)[C@@H]1Sc1ccccc1[N+](=O)[O-]. The van der Waals surface area contributed by atoms with Gasteiger partial charge in [-0.15, -0.1) is 11.8 Å². The Morgan fingerprint density at radius 3 is 2.75 bits per heavy atom. The summed E-state index contributed by atoms with van der Waals surface area (Å²) in [5, 5.41) is 11.3. The Bertz CT molecular complexity index is 744. The summed E-state index contributed by atoms with van der Waals surface area (Å²) in [6.07, 6.45) is 4.13. The van der Waals surface area contributed by atoms with E-state index < -0.39 is 0 Å². The normalized spacial score (nSPS) is 31.2. The molecule has 1 aromatic carbocycles. The molecule has 126 valence electrons. The zero-order valence-corrected chi connectivity index (χ0v) is 14.3. The number of carbonyl (C=O) groups excluding carboxylic acids is 1. The summed E-state index contributed by atoms with van der Waals surface area (Å²) in [7, 11) is 0. The van der Waals surface area contributed by atoms with E-state index in [0.717, 1.165) is 25.7 Å². The van der Waals surface area contributed by atoms with Crippen LogP contribution in [0.2, 0.25) is 0 Å². The van der Waals surface area contributed by atoms with Crippen LogP contribution in [0.25, 0.3) is 0 Å². The number of ketones is 1. The monoisotopic (exact) mass is 345 g/mol. The molecule has 0 unspecified atom stereocenters. The Labute approximate surface area is 144 Å². The van der Waals surface area contributed by atoms with E-state index in [2.05, 4.69) is 0 Å². The fraction of sp³-hybridized carbons (Fsp3) is 0.500. The van der Waals surface area contributed by atoms with Crippen molar-refractivity contribution in [3.8, 4) is 0 Å². The maximum atomic E-state index is 12.2. The van der Waals surface area contributed by atoms with Gasteiger partial charge in [-0.05, 0) is 49.8 Å². The van der Waals surface area contributed by atoms with Gasteiger partial charge in [-0.2, -0.15) is 0 Å². The molecular weight excluding hydrogens is 326 g/mol. The number of fused-ring (bicyclic) bond motifs is 4. The molecule has 24 heavy (non-hydrogen) atoms. The molecule has 5 nitrogen and oxygen atoms in total. The van der Waals surface area contributed by atoms with Crippen LogP contribution >= 0.6 is 11.8 Å². The molecule has 4 rings (SSSR count). The van der Waals surface area contributed by atoms with Crippen molar-refractivity contribution < 1.29 is 14.5 Å². The van der Waals surface area contributed by atoms with Crippen LogP contribution in [0.4, 0.5) is 5.69 Å². The third-order valence-electron chi connectivity index (χ3n) is 5.36. The number of Topliss-reactive ketones (excluding diaryl/α,β-unsaturated/α-hetero) is 1. The molecule has 4 atom stereocenters. The minimum absolute atomic E-state index is 0.0392. The summed E-state index contributed by atoms with van der Waals surface area (Å²) in [5.41, 5.74) is 2.72. The lowest BCUT2D eigenvalue weighted by atomic mass is 9.76. The molecule has 2 heterocycles. The fourth-order valence-electron chi connectivity index (χ4n) is 4.27. The fourth-order valence-corrected chi connectivity index (χ4v) is 5.89. The molecule has 0 radical (unpaired) electrons. The lowest BCUT2D eigenvalue weighted by Gasteiger charge is -2.34. The van der Waals surface area contributed by atoms with Crippen LogP contribution in [0, 0.1) is 16.0 Å². The lowest BCUT2D eigenvalue weighted by molar-refractivity contribution is -0.387. The first-order valence-electron chi connectivity index (χ1n) is 8.35. The van der Waals surface area contributed by atoms with Gasteiger partial charge < -0.3 is 4.74 Å². The molecule has 0 amide bonds. The molecule has 0 saturated carbocycles. The number of hydrogen-bond donors (Lipinski definition) is 0. The summed E-state index contributed by atoms with van der Waals surface area (Å²) >= 11 is 1.47. The highest BCUT2D eigenvalue weighted by molar-refractivity contribution is 8.00. The van der Waals surface area contributed by atoms with Crippen molar-refractivity contribution in [2.75, 3.05) is 0 Å². The minimum Gasteiger partial charge on any atom is -0.366 e. The number of nitro benzene ring substituents is 1. The van der Waals surface area contributed by atoms with Gasteiger partial charge in [0.1, 0.15) is 5.78 Å². The highest BCUT2D eigenvalue weighted by atomic mass is 32.2. The van der Waals surface area contributed by atoms with Gasteiger partial charge >= 0.3 is 0 Å². The topological polar surface area (TPSA) is 69.4 Å². The molecular formula is C18H19NO4S. The van der Waals surface area contributed by atoms with E-state index >= 15 is 0 Å². The van der Waals surface area contributed by atoms with Crippen molar-refractivity contribution in [2.24, 2.45) is 5.92 Å². The van der Waals surface area contributed by atoms with Crippen molar-refractivity contribution in [3.05, 3.63) is 45.5 Å². The van der Waals surface area contributed by atoms with Crippen molar-refractivity contribution in [3.63, 3.8) is 0 Å². The summed E-state index contributed by atoms with van der Waals surface area (Å²) < 4.78 is 6.06. The highest BCUT2D eigenvalue weighted by Gasteiger charge is 2.48. The molecule has 0 N–H and O–H groups in total. The first-order chi connectivity index (χ1) is 11.6. The average molecular weight is 345 g/mol. The summed E-state index contributed by atoms with van der Waals surface area (Å²) in [4.78, 5) is 23.8. The Hall–Kier alpha value is -1.66. The van der Waals surface area contributed by atoms with E-state index in [1.165, 1.54) is 29.0 Å². The third-order valence-corrected chi connectivity index (χ3v) is 6.80. The van der Waals surface area contributed by atoms with E-state index in [-0.39, 0.29) is 39.8 Å². The lowest BCUT2D eigenvalue weighted by Crippen LogP contribution is -2.34.